The van der Waals surface area contributed by atoms with Crippen molar-refractivity contribution >= 4 is 29.4 Å². The second-order valence-corrected chi connectivity index (χ2v) is 6.34. The van der Waals surface area contributed by atoms with Crippen molar-refractivity contribution in [1.82, 2.24) is 4.90 Å². The van der Waals surface area contributed by atoms with Gasteiger partial charge < -0.3 is 9.47 Å². The summed E-state index contributed by atoms with van der Waals surface area (Å²) in [5, 5.41) is 0. The van der Waals surface area contributed by atoms with E-state index in [1.807, 2.05) is 0 Å². The number of carbonyl (C=O) groups is 4. The van der Waals surface area contributed by atoms with Crippen LogP contribution in [0.3, 0.4) is 0 Å². The molecule has 0 bridgehead atoms. The number of rotatable bonds is 4. The molecule has 0 aliphatic carbocycles. The Kier molecular flexibility index (Phi) is 4.11. The second-order valence-electron chi connectivity index (χ2n) is 6.34. The molecule has 2 aromatic carbocycles. The van der Waals surface area contributed by atoms with Crippen molar-refractivity contribution in [3.8, 4) is 5.75 Å². The fourth-order valence-corrected chi connectivity index (χ4v) is 3.57. The highest BCUT2D eigenvalue weighted by molar-refractivity contribution is 6.26. The van der Waals surface area contributed by atoms with Crippen molar-refractivity contribution in [2.24, 2.45) is 0 Å². The van der Waals surface area contributed by atoms with Gasteiger partial charge in [0.25, 0.3) is 17.7 Å². The average molecular weight is 380 g/mol. The van der Waals surface area contributed by atoms with Crippen molar-refractivity contribution in [3.05, 3.63) is 59.7 Å². The largest absolute Gasteiger partial charge is 0.497 e. The van der Waals surface area contributed by atoms with E-state index in [9.17, 15) is 19.2 Å². The summed E-state index contributed by atoms with van der Waals surface area (Å²) in [4.78, 5) is 52.9. The average Bonchev–Trinajstić information content (AvgIpc) is 2.97. The predicted octanol–water partition coefficient (Wildman–Crippen LogP) is 1.25. The number of methoxy groups -OCH3 is 2. The van der Waals surface area contributed by atoms with E-state index in [4.69, 9.17) is 9.47 Å². The normalized spacial score (nSPS) is 20.7. The quantitative estimate of drug-likeness (QED) is 0.450. The van der Waals surface area contributed by atoms with Crippen molar-refractivity contribution < 1.29 is 28.7 Å². The van der Waals surface area contributed by atoms with Gasteiger partial charge in [-0.2, -0.15) is 0 Å². The Morgan fingerprint density at radius 3 is 1.93 bits per heavy atom. The lowest BCUT2D eigenvalue weighted by atomic mass is 9.92. The first kappa shape index (κ1) is 17.7. The first-order valence-corrected chi connectivity index (χ1v) is 8.51. The standard InChI is InChI=1S/C20H16N2O6/c1-27-12-9-7-11(8-10-12)21-16(20(26)28-2)15(19(21)25)22-17(23)13-5-3-4-6-14(13)18(22)24/h3-10,15-16H,1-2H3. The molecule has 28 heavy (non-hydrogen) atoms. The molecule has 0 radical (unpaired) electrons. The summed E-state index contributed by atoms with van der Waals surface area (Å²) in [5.41, 5.74) is 0.868. The number of nitrogens with zero attached hydrogens (tertiary/aromatic N) is 2. The number of esters is 1. The Labute approximate surface area is 160 Å². The summed E-state index contributed by atoms with van der Waals surface area (Å²) < 4.78 is 9.93. The highest BCUT2D eigenvalue weighted by Gasteiger charge is 2.60. The fourth-order valence-electron chi connectivity index (χ4n) is 3.57. The van der Waals surface area contributed by atoms with Gasteiger partial charge in [-0.1, -0.05) is 12.1 Å². The fraction of sp³-hybridized carbons (Fsp3) is 0.200. The molecule has 2 atom stereocenters. The number of ether oxygens (including phenoxy) is 2. The summed E-state index contributed by atoms with van der Waals surface area (Å²) in [5.74, 6) is -1.85. The summed E-state index contributed by atoms with van der Waals surface area (Å²) >= 11 is 0. The van der Waals surface area contributed by atoms with E-state index in [2.05, 4.69) is 0 Å². The number of hydrogen-bond donors (Lipinski definition) is 0. The maximum absolute atomic E-state index is 12.9. The minimum atomic E-state index is -1.25. The Morgan fingerprint density at radius 2 is 1.43 bits per heavy atom. The lowest BCUT2D eigenvalue weighted by molar-refractivity contribution is -0.151. The summed E-state index contributed by atoms with van der Waals surface area (Å²) in [6.07, 6.45) is 0. The molecule has 2 aliphatic heterocycles. The van der Waals surface area contributed by atoms with E-state index in [0.717, 1.165) is 4.90 Å². The highest BCUT2D eigenvalue weighted by atomic mass is 16.5. The van der Waals surface area contributed by atoms with Crippen LogP contribution in [0.4, 0.5) is 5.69 Å². The molecule has 0 saturated carbocycles. The van der Waals surface area contributed by atoms with E-state index >= 15 is 0 Å². The molecule has 1 saturated heterocycles. The van der Waals surface area contributed by atoms with Gasteiger partial charge in [-0.3, -0.25) is 24.2 Å². The molecular weight excluding hydrogens is 364 g/mol. The van der Waals surface area contributed by atoms with Gasteiger partial charge in [0.2, 0.25) is 0 Å². The molecule has 3 amide bonds. The molecule has 8 heteroatoms. The van der Waals surface area contributed by atoms with Crippen LogP contribution in [0.1, 0.15) is 20.7 Å². The number of amides is 3. The van der Waals surface area contributed by atoms with Gasteiger partial charge in [0, 0.05) is 5.69 Å². The highest BCUT2D eigenvalue weighted by Crippen LogP contribution is 2.36. The van der Waals surface area contributed by atoms with Crippen molar-refractivity contribution in [1.29, 1.82) is 0 Å². The van der Waals surface area contributed by atoms with Crippen molar-refractivity contribution in [2.45, 2.75) is 12.1 Å². The van der Waals surface area contributed by atoms with E-state index in [1.54, 1.807) is 36.4 Å². The Balaban J connectivity index is 1.70. The van der Waals surface area contributed by atoms with E-state index in [0.29, 0.717) is 11.4 Å². The second kappa shape index (κ2) is 6.49. The number of hydrogen-bond acceptors (Lipinski definition) is 6. The smallest absolute Gasteiger partial charge is 0.331 e. The molecule has 0 spiro atoms. The number of benzene rings is 2. The number of imide groups is 1. The summed E-state index contributed by atoms with van der Waals surface area (Å²) in [6.45, 7) is 0. The SMILES string of the molecule is COC(=O)C1C(N2C(=O)c3ccccc3C2=O)C(=O)N1c1ccc(OC)cc1. The predicted molar refractivity (Wildman–Crippen MR) is 97.0 cm³/mol. The molecule has 2 heterocycles. The number of fused-ring (bicyclic) bond motifs is 1. The van der Waals surface area contributed by atoms with Gasteiger partial charge in [-0.25, -0.2) is 4.79 Å². The third-order valence-electron chi connectivity index (χ3n) is 4.96. The van der Waals surface area contributed by atoms with Gasteiger partial charge in [0.05, 0.1) is 25.3 Å². The van der Waals surface area contributed by atoms with Crippen LogP contribution in [0.5, 0.6) is 5.75 Å². The summed E-state index contributed by atoms with van der Waals surface area (Å²) in [7, 11) is 2.70. The summed E-state index contributed by atoms with van der Waals surface area (Å²) in [6, 6.07) is 10.5. The van der Waals surface area contributed by atoms with E-state index in [-0.39, 0.29) is 11.1 Å². The minimum absolute atomic E-state index is 0.215. The van der Waals surface area contributed by atoms with Gasteiger partial charge in [0.15, 0.2) is 12.1 Å². The number of β-lactam (4-membered cyclic amide) rings is 1. The Bertz CT molecular complexity index is 965. The number of anilines is 1. The lowest BCUT2D eigenvalue weighted by Gasteiger charge is -2.47. The number of carbonyl (C=O) groups excluding carboxylic acids is 4. The molecule has 2 aliphatic rings. The van der Waals surface area contributed by atoms with E-state index in [1.165, 1.54) is 31.3 Å². The zero-order valence-electron chi connectivity index (χ0n) is 15.1. The maximum atomic E-state index is 12.9. The van der Waals surface area contributed by atoms with Gasteiger partial charge in [-0.05, 0) is 36.4 Å². The van der Waals surface area contributed by atoms with Crippen LogP contribution in [0.25, 0.3) is 0 Å². The van der Waals surface area contributed by atoms with Crippen LogP contribution >= 0.6 is 0 Å². The molecule has 2 aromatic rings. The van der Waals surface area contributed by atoms with Crippen molar-refractivity contribution in [2.75, 3.05) is 19.1 Å². The van der Waals surface area contributed by atoms with E-state index < -0.39 is 35.8 Å². The van der Waals surface area contributed by atoms with Gasteiger partial charge in [-0.15, -0.1) is 0 Å². The lowest BCUT2D eigenvalue weighted by Crippen LogP contribution is -2.74. The van der Waals surface area contributed by atoms with Crippen LogP contribution in [-0.2, 0) is 14.3 Å². The molecule has 0 N–H and O–H groups in total. The zero-order chi connectivity index (χ0) is 20.0. The van der Waals surface area contributed by atoms with Crippen LogP contribution in [0.15, 0.2) is 48.5 Å². The molecule has 1 fully saturated rings. The third kappa shape index (κ3) is 2.38. The van der Waals surface area contributed by atoms with Crippen molar-refractivity contribution in [3.63, 3.8) is 0 Å². The molecular formula is C20H16N2O6. The Hall–Kier alpha value is -3.68. The monoisotopic (exact) mass is 380 g/mol. The third-order valence-corrected chi connectivity index (χ3v) is 4.96. The van der Waals surface area contributed by atoms with Crippen LogP contribution < -0.4 is 9.64 Å². The first-order chi connectivity index (χ1) is 13.5. The van der Waals surface area contributed by atoms with Crippen LogP contribution in [0, 0.1) is 0 Å². The molecule has 142 valence electrons. The van der Waals surface area contributed by atoms with Crippen LogP contribution in [0.2, 0.25) is 0 Å². The topological polar surface area (TPSA) is 93.2 Å². The molecule has 0 aromatic heterocycles. The van der Waals surface area contributed by atoms with Gasteiger partial charge >= 0.3 is 5.97 Å². The van der Waals surface area contributed by atoms with Crippen LogP contribution in [-0.4, -0.2) is 54.9 Å². The molecule has 2 unspecified atom stereocenters. The Morgan fingerprint density at radius 1 is 0.857 bits per heavy atom. The molecule has 4 rings (SSSR count). The maximum Gasteiger partial charge on any atom is 0.331 e. The first-order valence-electron chi connectivity index (χ1n) is 8.51. The zero-order valence-corrected chi connectivity index (χ0v) is 15.1. The van der Waals surface area contributed by atoms with Gasteiger partial charge in [0.1, 0.15) is 5.75 Å². The minimum Gasteiger partial charge on any atom is -0.497 e. The molecule has 8 nitrogen and oxygen atoms in total.